The van der Waals surface area contributed by atoms with Gasteiger partial charge in [0, 0.05) is 5.56 Å². The third-order valence-corrected chi connectivity index (χ3v) is 3.34. The molecule has 0 fully saturated rings. The van der Waals surface area contributed by atoms with Crippen LogP contribution < -0.4 is 0 Å². The van der Waals surface area contributed by atoms with E-state index in [1.54, 1.807) is 0 Å². The molecule has 0 saturated heterocycles. The molecule has 118 valence electrons. The lowest BCUT2D eigenvalue weighted by atomic mass is 10.0. The molecule has 0 unspecified atom stereocenters. The lowest BCUT2D eigenvalue weighted by Crippen LogP contribution is -1.96. The first-order valence-electron chi connectivity index (χ1n) is 6.52. The number of aromatic nitrogens is 1. The standard InChI is InChI=1S/C16H9F4NO2/c17-10-4-2-5-11(18)13(10)16-9(7-22)15(21-23-16)8-3-1-6-12(19)14(8)20/h1-6,22H,7H2. The summed E-state index contributed by atoms with van der Waals surface area (Å²) in [4.78, 5) is 0. The second-order valence-electron chi connectivity index (χ2n) is 4.70. The van der Waals surface area contributed by atoms with E-state index in [0.29, 0.717) is 0 Å². The Morgan fingerprint density at radius 3 is 2.17 bits per heavy atom. The molecular formula is C16H9F4NO2. The van der Waals surface area contributed by atoms with Crippen molar-refractivity contribution in [3.8, 4) is 22.6 Å². The van der Waals surface area contributed by atoms with Gasteiger partial charge in [-0.1, -0.05) is 17.3 Å². The quantitative estimate of drug-likeness (QED) is 0.740. The van der Waals surface area contributed by atoms with Crippen molar-refractivity contribution in [2.75, 3.05) is 0 Å². The molecule has 0 aliphatic rings. The maximum atomic E-state index is 13.9. The van der Waals surface area contributed by atoms with Crippen LogP contribution in [0.4, 0.5) is 17.6 Å². The van der Waals surface area contributed by atoms with Crippen molar-refractivity contribution in [1.82, 2.24) is 5.16 Å². The molecule has 3 nitrogen and oxygen atoms in total. The van der Waals surface area contributed by atoms with Crippen LogP contribution in [0.25, 0.3) is 22.6 Å². The van der Waals surface area contributed by atoms with Crippen LogP contribution in [-0.2, 0) is 6.61 Å². The number of hydrogen-bond donors (Lipinski definition) is 1. The van der Waals surface area contributed by atoms with Gasteiger partial charge >= 0.3 is 0 Å². The first-order valence-corrected chi connectivity index (χ1v) is 6.52. The van der Waals surface area contributed by atoms with Gasteiger partial charge < -0.3 is 9.63 Å². The van der Waals surface area contributed by atoms with Gasteiger partial charge in [-0.25, -0.2) is 17.6 Å². The smallest absolute Gasteiger partial charge is 0.178 e. The molecule has 0 bridgehead atoms. The number of benzene rings is 2. The minimum atomic E-state index is -1.20. The van der Waals surface area contributed by atoms with Gasteiger partial charge in [0.2, 0.25) is 0 Å². The van der Waals surface area contributed by atoms with Crippen molar-refractivity contribution in [2.45, 2.75) is 6.61 Å². The van der Waals surface area contributed by atoms with E-state index in [0.717, 1.165) is 24.3 Å². The molecule has 0 amide bonds. The Bertz CT molecular complexity index is 856. The van der Waals surface area contributed by atoms with Gasteiger partial charge in [0.15, 0.2) is 17.4 Å². The second-order valence-corrected chi connectivity index (χ2v) is 4.70. The number of rotatable bonds is 3. The van der Waals surface area contributed by atoms with E-state index in [9.17, 15) is 22.7 Å². The molecule has 0 atom stereocenters. The van der Waals surface area contributed by atoms with Gasteiger partial charge in [-0.2, -0.15) is 0 Å². The number of nitrogens with zero attached hydrogens (tertiary/aromatic N) is 1. The van der Waals surface area contributed by atoms with E-state index in [4.69, 9.17) is 4.52 Å². The van der Waals surface area contributed by atoms with E-state index < -0.39 is 35.4 Å². The maximum Gasteiger partial charge on any atom is 0.178 e. The summed E-state index contributed by atoms with van der Waals surface area (Å²) in [5, 5.41) is 13.0. The molecule has 0 aliphatic carbocycles. The Labute approximate surface area is 127 Å². The fourth-order valence-electron chi connectivity index (χ4n) is 2.27. The van der Waals surface area contributed by atoms with Crippen LogP contribution in [-0.4, -0.2) is 10.3 Å². The maximum absolute atomic E-state index is 13.9. The minimum absolute atomic E-state index is 0.140. The van der Waals surface area contributed by atoms with E-state index in [1.807, 2.05) is 0 Å². The highest BCUT2D eigenvalue weighted by Gasteiger charge is 2.25. The summed E-state index contributed by atoms with van der Waals surface area (Å²) in [6.07, 6.45) is 0. The first kappa shape index (κ1) is 15.2. The van der Waals surface area contributed by atoms with E-state index in [-0.39, 0.29) is 22.6 Å². The van der Waals surface area contributed by atoms with Crippen molar-refractivity contribution < 1.29 is 27.2 Å². The zero-order valence-corrected chi connectivity index (χ0v) is 11.5. The average Bonchev–Trinajstić information content (AvgIpc) is 2.93. The molecule has 3 rings (SSSR count). The lowest BCUT2D eigenvalue weighted by Gasteiger charge is -2.04. The first-order chi connectivity index (χ1) is 11.0. The Morgan fingerprint density at radius 1 is 0.913 bits per heavy atom. The molecule has 0 aliphatic heterocycles. The zero-order valence-electron chi connectivity index (χ0n) is 11.5. The van der Waals surface area contributed by atoms with Crippen molar-refractivity contribution in [1.29, 1.82) is 0 Å². The summed E-state index contributed by atoms with van der Waals surface area (Å²) in [6, 6.07) is 6.55. The lowest BCUT2D eigenvalue weighted by molar-refractivity contribution is 0.281. The molecule has 1 N–H and O–H groups in total. The van der Waals surface area contributed by atoms with Crippen LogP contribution in [0.5, 0.6) is 0 Å². The van der Waals surface area contributed by atoms with Crippen LogP contribution in [0.15, 0.2) is 40.9 Å². The van der Waals surface area contributed by atoms with Crippen molar-refractivity contribution >= 4 is 0 Å². The molecule has 1 heterocycles. The summed E-state index contributed by atoms with van der Waals surface area (Å²) in [6.45, 7) is -0.724. The molecule has 3 aromatic rings. The van der Waals surface area contributed by atoms with Gasteiger partial charge in [0.1, 0.15) is 17.3 Å². The summed E-state index contributed by atoms with van der Waals surface area (Å²) in [5.74, 6) is -4.55. The van der Waals surface area contributed by atoms with Gasteiger partial charge in [0.25, 0.3) is 0 Å². The van der Waals surface area contributed by atoms with Gasteiger partial charge in [0.05, 0.1) is 17.7 Å². The number of aliphatic hydroxyl groups excluding tert-OH is 1. The highest BCUT2D eigenvalue weighted by molar-refractivity contribution is 5.73. The van der Waals surface area contributed by atoms with E-state index in [1.165, 1.54) is 12.1 Å². The van der Waals surface area contributed by atoms with Crippen molar-refractivity contribution in [3.05, 3.63) is 65.2 Å². The molecule has 23 heavy (non-hydrogen) atoms. The topological polar surface area (TPSA) is 46.3 Å². The molecule has 2 aromatic carbocycles. The largest absolute Gasteiger partial charge is 0.391 e. The van der Waals surface area contributed by atoms with Crippen molar-refractivity contribution in [2.24, 2.45) is 0 Å². The highest BCUT2D eigenvalue weighted by Crippen LogP contribution is 2.36. The normalized spacial score (nSPS) is 11.0. The Hall–Kier alpha value is -2.67. The number of halogens is 4. The second kappa shape index (κ2) is 5.85. The molecular weight excluding hydrogens is 314 g/mol. The number of aliphatic hydroxyl groups is 1. The van der Waals surface area contributed by atoms with Crippen LogP contribution in [0.1, 0.15) is 5.56 Å². The third-order valence-electron chi connectivity index (χ3n) is 3.34. The van der Waals surface area contributed by atoms with E-state index in [2.05, 4.69) is 5.16 Å². The fourth-order valence-corrected chi connectivity index (χ4v) is 2.27. The molecule has 1 aromatic heterocycles. The van der Waals surface area contributed by atoms with Gasteiger partial charge in [-0.15, -0.1) is 0 Å². The zero-order chi connectivity index (χ0) is 16.6. The Balaban J connectivity index is 2.24. The fraction of sp³-hybridized carbons (Fsp3) is 0.0625. The van der Waals surface area contributed by atoms with Crippen LogP contribution in [0.3, 0.4) is 0 Å². The van der Waals surface area contributed by atoms with E-state index >= 15 is 0 Å². The predicted molar refractivity (Wildman–Crippen MR) is 73.1 cm³/mol. The third kappa shape index (κ3) is 2.49. The van der Waals surface area contributed by atoms with Crippen molar-refractivity contribution in [3.63, 3.8) is 0 Å². The van der Waals surface area contributed by atoms with Crippen LogP contribution in [0, 0.1) is 23.3 Å². The van der Waals surface area contributed by atoms with Gasteiger partial charge in [-0.05, 0) is 24.3 Å². The summed E-state index contributed by atoms with van der Waals surface area (Å²) < 4.78 is 59.9. The average molecular weight is 323 g/mol. The summed E-state index contributed by atoms with van der Waals surface area (Å²) in [7, 11) is 0. The molecule has 0 saturated carbocycles. The van der Waals surface area contributed by atoms with Gasteiger partial charge in [-0.3, -0.25) is 0 Å². The number of hydrogen-bond acceptors (Lipinski definition) is 3. The molecule has 0 spiro atoms. The predicted octanol–water partition coefficient (Wildman–Crippen LogP) is 4.06. The highest BCUT2D eigenvalue weighted by atomic mass is 19.2. The monoisotopic (exact) mass is 323 g/mol. The summed E-state index contributed by atoms with van der Waals surface area (Å²) >= 11 is 0. The molecule has 7 heteroatoms. The van der Waals surface area contributed by atoms with Crippen LogP contribution in [0.2, 0.25) is 0 Å². The Kier molecular flexibility index (Phi) is 3.87. The summed E-state index contributed by atoms with van der Waals surface area (Å²) in [5.41, 5.74) is -1.17. The SMILES string of the molecule is OCc1c(-c2cccc(F)c2F)noc1-c1c(F)cccc1F. The molecule has 0 radical (unpaired) electrons. The van der Waals surface area contributed by atoms with Crippen LogP contribution >= 0.6 is 0 Å². The minimum Gasteiger partial charge on any atom is -0.391 e. The Morgan fingerprint density at radius 2 is 1.52 bits per heavy atom.